The number of carbonyl (C=O) groups excluding carboxylic acids is 2. The van der Waals surface area contributed by atoms with Crippen LogP contribution in [0.5, 0.6) is 5.75 Å². The van der Waals surface area contributed by atoms with E-state index in [1.54, 1.807) is 30.5 Å². The third-order valence-corrected chi connectivity index (χ3v) is 5.48. The van der Waals surface area contributed by atoms with Gasteiger partial charge in [0.05, 0.1) is 24.4 Å². The summed E-state index contributed by atoms with van der Waals surface area (Å²) < 4.78 is 8.10. The van der Waals surface area contributed by atoms with E-state index in [2.05, 4.69) is 28.0 Å². The summed E-state index contributed by atoms with van der Waals surface area (Å²) in [5.74, 6) is -1.07. The molecule has 2 aromatic heterocycles. The van der Waals surface area contributed by atoms with E-state index in [-0.39, 0.29) is 22.7 Å². The zero-order valence-corrected chi connectivity index (χ0v) is 19.5. The van der Waals surface area contributed by atoms with Gasteiger partial charge in [-0.3, -0.25) is 25.2 Å². The van der Waals surface area contributed by atoms with E-state index in [4.69, 9.17) is 4.74 Å². The highest BCUT2D eigenvalue weighted by Crippen LogP contribution is 2.19. The topological polar surface area (TPSA) is 120 Å². The molecule has 0 spiro atoms. The number of ether oxygens (including phenoxy) is 1. The van der Waals surface area contributed by atoms with Crippen molar-refractivity contribution in [1.29, 1.82) is 0 Å². The smallest absolute Gasteiger partial charge is 0.294 e. The summed E-state index contributed by atoms with van der Waals surface area (Å²) in [6.45, 7) is 2.47. The van der Waals surface area contributed by atoms with Gasteiger partial charge < -0.3 is 4.74 Å². The molecule has 0 saturated carbocycles. The summed E-state index contributed by atoms with van der Waals surface area (Å²) in [5.41, 5.74) is 5.28. The highest BCUT2D eigenvalue weighted by molar-refractivity contribution is 6.06. The molecule has 4 rings (SSSR count). The van der Waals surface area contributed by atoms with Gasteiger partial charge in [0, 0.05) is 11.9 Å². The van der Waals surface area contributed by atoms with Gasteiger partial charge in [-0.15, -0.1) is 0 Å². The van der Waals surface area contributed by atoms with E-state index in [0.717, 1.165) is 24.9 Å². The van der Waals surface area contributed by atoms with Crippen molar-refractivity contribution in [3.05, 3.63) is 82.5 Å². The minimum absolute atomic E-state index is 0.000920. The summed E-state index contributed by atoms with van der Waals surface area (Å²) in [6.07, 6.45) is 4.28. The van der Waals surface area contributed by atoms with E-state index >= 15 is 0 Å². The predicted molar refractivity (Wildman–Crippen MR) is 131 cm³/mol. The zero-order valence-electron chi connectivity index (χ0n) is 19.5. The number of hydrogen-bond acceptors (Lipinski definition) is 6. The number of unbranched alkanes of at least 4 members (excludes halogenated alkanes) is 2. The standard InChI is InChI=1S/C25H26N6O4/c1-3-4-10-15-30-25(34)19-14-9-8-13-18(19)21(28-30)23(32)26-27-24(33)22-20(35-2)16-31(29-22)17-11-6-5-7-12-17/h5-9,11-14,16H,3-4,10,15H2,1-2H3,(H,26,32)(H,27,33). The van der Waals surface area contributed by atoms with Crippen LogP contribution in [-0.4, -0.2) is 38.5 Å². The van der Waals surface area contributed by atoms with Gasteiger partial charge in [0.2, 0.25) is 0 Å². The first-order valence-electron chi connectivity index (χ1n) is 11.3. The Kier molecular flexibility index (Phi) is 7.20. The number of hydrogen-bond donors (Lipinski definition) is 2. The van der Waals surface area contributed by atoms with Crippen molar-refractivity contribution in [3.8, 4) is 11.4 Å². The van der Waals surface area contributed by atoms with E-state index in [9.17, 15) is 14.4 Å². The van der Waals surface area contributed by atoms with Gasteiger partial charge in [-0.25, -0.2) is 9.36 Å². The van der Waals surface area contributed by atoms with Crippen molar-refractivity contribution in [3.63, 3.8) is 0 Å². The Morgan fingerprint density at radius 3 is 2.23 bits per heavy atom. The minimum Gasteiger partial charge on any atom is -0.493 e. The molecule has 2 aromatic carbocycles. The van der Waals surface area contributed by atoms with Crippen LogP contribution >= 0.6 is 0 Å². The third-order valence-electron chi connectivity index (χ3n) is 5.48. The quantitative estimate of drug-likeness (QED) is 0.299. The fraction of sp³-hybridized carbons (Fsp3) is 0.240. The number of benzene rings is 2. The van der Waals surface area contributed by atoms with E-state index in [0.29, 0.717) is 17.3 Å². The minimum atomic E-state index is -0.662. The molecule has 0 saturated heterocycles. The highest BCUT2D eigenvalue weighted by atomic mass is 16.5. The van der Waals surface area contributed by atoms with Crippen LogP contribution in [0.3, 0.4) is 0 Å². The number of methoxy groups -OCH3 is 1. The SMILES string of the molecule is CCCCCn1nc(C(=O)NNC(=O)c2nn(-c3ccccc3)cc2OC)c2ccccc2c1=O. The van der Waals surface area contributed by atoms with Crippen molar-refractivity contribution in [2.24, 2.45) is 0 Å². The second kappa shape index (κ2) is 10.6. The Hall–Kier alpha value is -4.47. The third kappa shape index (κ3) is 5.06. The van der Waals surface area contributed by atoms with Gasteiger partial charge in [-0.05, 0) is 24.6 Å². The van der Waals surface area contributed by atoms with E-state index in [1.165, 1.54) is 16.5 Å². The van der Waals surface area contributed by atoms with Gasteiger partial charge >= 0.3 is 0 Å². The molecule has 2 N–H and O–H groups in total. The maximum atomic E-state index is 13.0. The van der Waals surface area contributed by atoms with Gasteiger partial charge in [0.15, 0.2) is 17.1 Å². The molecule has 4 aromatic rings. The van der Waals surface area contributed by atoms with Gasteiger partial charge in [0.1, 0.15) is 0 Å². The molecule has 0 atom stereocenters. The van der Waals surface area contributed by atoms with Gasteiger partial charge in [0.25, 0.3) is 17.4 Å². The lowest BCUT2D eigenvalue weighted by molar-refractivity contribution is 0.0839. The largest absolute Gasteiger partial charge is 0.493 e. The van der Waals surface area contributed by atoms with E-state index in [1.807, 2.05) is 30.3 Å². The Morgan fingerprint density at radius 1 is 0.886 bits per heavy atom. The molecular formula is C25H26N6O4. The number of carbonyl (C=O) groups is 2. The summed E-state index contributed by atoms with van der Waals surface area (Å²) in [5, 5.41) is 9.38. The maximum Gasteiger partial charge on any atom is 0.294 e. The van der Waals surface area contributed by atoms with Crippen LogP contribution in [-0.2, 0) is 6.54 Å². The van der Waals surface area contributed by atoms with Crippen molar-refractivity contribution >= 4 is 22.6 Å². The van der Waals surface area contributed by atoms with Crippen LogP contribution in [0.25, 0.3) is 16.5 Å². The first-order chi connectivity index (χ1) is 17.0. The second-order valence-electron chi connectivity index (χ2n) is 7.86. The lowest BCUT2D eigenvalue weighted by Gasteiger charge is -2.11. The number of nitrogens with zero attached hydrogens (tertiary/aromatic N) is 4. The van der Waals surface area contributed by atoms with Crippen molar-refractivity contribution < 1.29 is 14.3 Å². The number of fused-ring (bicyclic) bond motifs is 1. The highest BCUT2D eigenvalue weighted by Gasteiger charge is 2.21. The molecule has 10 nitrogen and oxygen atoms in total. The fourth-order valence-corrected chi connectivity index (χ4v) is 3.68. The van der Waals surface area contributed by atoms with Crippen molar-refractivity contribution in [2.45, 2.75) is 32.7 Å². The number of rotatable bonds is 8. The molecule has 0 fully saturated rings. The van der Waals surface area contributed by atoms with Gasteiger partial charge in [-0.1, -0.05) is 56.2 Å². The number of aromatic nitrogens is 4. The number of nitrogens with one attached hydrogen (secondary N) is 2. The average Bonchev–Trinajstić information content (AvgIpc) is 3.34. The number of hydrazine groups is 1. The molecule has 0 unspecified atom stereocenters. The van der Waals surface area contributed by atoms with Crippen LogP contribution < -0.4 is 21.1 Å². The molecule has 2 heterocycles. The molecule has 10 heteroatoms. The average molecular weight is 475 g/mol. The molecule has 0 aliphatic heterocycles. The Bertz CT molecular complexity index is 1410. The first-order valence-corrected chi connectivity index (χ1v) is 11.3. The van der Waals surface area contributed by atoms with E-state index < -0.39 is 11.8 Å². The number of aryl methyl sites for hydroxylation is 1. The Balaban J connectivity index is 1.56. The molecule has 0 aliphatic rings. The van der Waals surface area contributed by atoms with Crippen LogP contribution in [0.4, 0.5) is 0 Å². The van der Waals surface area contributed by atoms with Gasteiger partial charge in [-0.2, -0.15) is 10.2 Å². The molecule has 0 aliphatic carbocycles. The lowest BCUT2D eigenvalue weighted by atomic mass is 10.1. The predicted octanol–water partition coefficient (Wildman–Crippen LogP) is 2.86. The maximum absolute atomic E-state index is 13.0. The number of para-hydroxylation sites is 1. The summed E-state index contributed by atoms with van der Waals surface area (Å²) in [7, 11) is 1.43. The van der Waals surface area contributed by atoms with Crippen LogP contribution in [0.1, 0.15) is 47.2 Å². The molecule has 0 radical (unpaired) electrons. The monoisotopic (exact) mass is 474 g/mol. The molecule has 0 bridgehead atoms. The summed E-state index contributed by atoms with van der Waals surface area (Å²) >= 11 is 0. The Morgan fingerprint density at radius 2 is 1.54 bits per heavy atom. The lowest BCUT2D eigenvalue weighted by Crippen LogP contribution is -2.43. The number of amides is 2. The normalized spacial score (nSPS) is 10.8. The summed E-state index contributed by atoms with van der Waals surface area (Å²) in [6, 6.07) is 16.0. The molecular weight excluding hydrogens is 448 g/mol. The van der Waals surface area contributed by atoms with Crippen molar-refractivity contribution in [1.82, 2.24) is 30.4 Å². The summed E-state index contributed by atoms with van der Waals surface area (Å²) in [4.78, 5) is 38.6. The zero-order chi connectivity index (χ0) is 24.8. The van der Waals surface area contributed by atoms with Crippen LogP contribution in [0, 0.1) is 0 Å². The Labute approximate surface area is 201 Å². The molecule has 2 amide bonds. The first kappa shape index (κ1) is 23.7. The second-order valence-corrected chi connectivity index (χ2v) is 7.86. The van der Waals surface area contributed by atoms with Crippen molar-refractivity contribution in [2.75, 3.05) is 7.11 Å². The fourth-order valence-electron chi connectivity index (χ4n) is 3.68. The molecule has 180 valence electrons. The van der Waals surface area contributed by atoms with Crippen LogP contribution in [0.2, 0.25) is 0 Å². The molecule has 35 heavy (non-hydrogen) atoms. The van der Waals surface area contributed by atoms with Crippen LogP contribution in [0.15, 0.2) is 65.6 Å².